The molecule has 0 aliphatic carbocycles. The number of ether oxygens (including phenoxy) is 1. The number of hydrogen-bond donors (Lipinski definition) is 1. The normalized spacial score (nSPS) is 18.0. The first-order valence-corrected chi connectivity index (χ1v) is 9.17. The summed E-state index contributed by atoms with van der Waals surface area (Å²) in [6.07, 6.45) is 2.48. The van der Waals surface area contributed by atoms with E-state index in [1.165, 1.54) is 11.3 Å². The van der Waals surface area contributed by atoms with Crippen molar-refractivity contribution in [1.29, 1.82) is 0 Å². The van der Waals surface area contributed by atoms with Crippen LogP contribution in [-0.2, 0) is 14.3 Å². The lowest BCUT2D eigenvalue weighted by molar-refractivity contribution is -0.154. The second-order valence-electron chi connectivity index (χ2n) is 6.05. The molecule has 1 aliphatic rings. The summed E-state index contributed by atoms with van der Waals surface area (Å²) in [6.45, 7) is 4.28. The van der Waals surface area contributed by atoms with Crippen molar-refractivity contribution in [2.45, 2.75) is 38.8 Å². The van der Waals surface area contributed by atoms with Gasteiger partial charge in [0.2, 0.25) is 0 Å². The Kier molecular flexibility index (Phi) is 5.33. The number of aryl methyl sites for hydroxylation is 1. The summed E-state index contributed by atoms with van der Waals surface area (Å²) < 4.78 is 5.42. The van der Waals surface area contributed by atoms with Gasteiger partial charge in [0.15, 0.2) is 11.2 Å². The van der Waals surface area contributed by atoms with E-state index in [-0.39, 0.29) is 17.9 Å². The Labute approximate surface area is 150 Å². The van der Waals surface area contributed by atoms with Crippen LogP contribution in [0.2, 0.25) is 0 Å². The van der Waals surface area contributed by atoms with Gasteiger partial charge in [-0.05, 0) is 38.3 Å². The van der Waals surface area contributed by atoms with Gasteiger partial charge in [-0.3, -0.25) is 4.79 Å². The highest BCUT2D eigenvalue weighted by atomic mass is 32.1. The van der Waals surface area contributed by atoms with Crippen LogP contribution in [0, 0.1) is 6.92 Å². The van der Waals surface area contributed by atoms with Gasteiger partial charge in [0.25, 0.3) is 5.91 Å². The van der Waals surface area contributed by atoms with E-state index < -0.39 is 6.10 Å². The number of rotatable bonds is 5. The van der Waals surface area contributed by atoms with E-state index in [9.17, 15) is 9.59 Å². The lowest BCUT2D eigenvalue weighted by atomic mass is 10.2. The van der Waals surface area contributed by atoms with Crippen LogP contribution in [0.3, 0.4) is 0 Å². The molecule has 0 saturated carbocycles. The molecule has 7 heteroatoms. The summed E-state index contributed by atoms with van der Waals surface area (Å²) in [7, 11) is 0. The molecule has 1 amide bonds. The second kappa shape index (κ2) is 7.65. The van der Waals surface area contributed by atoms with Crippen molar-refractivity contribution in [1.82, 2.24) is 4.98 Å². The summed E-state index contributed by atoms with van der Waals surface area (Å²) in [6, 6.07) is 7.12. The van der Waals surface area contributed by atoms with E-state index in [1.54, 1.807) is 13.1 Å². The lowest BCUT2D eigenvalue weighted by Crippen LogP contribution is -2.40. The molecule has 2 aromatic rings. The monoisotopic (exact) mass is 359 g/mol. The molecule has 1 aromatic heterocycles. The number of para-hydroxylation sites is 1. The predicted octanol–water partition coefficient (Wildman–Crippen LogP) is 2.99. The minimum atomic E-state index is -0.856. The van der Waals surface area contributed by atoms with E-state index in [0.29, 0.717) is 6.42 Å². The SMILES string of the molecule is Cc1ccccc1NC(=O)C(C)OC(=O)C1CCCN1c1nccs1. The second-order valence-corrected chi connectivity index (χ2v) is 6.92. The van der Waals surface area contributed by atoms with Gasteiger partial charge in [-0.25, -0.2) is 9.78 Å². The molecule has 0 bridgehead atoms. The van der Waals surface area contributed by atoms with Crippen LogP contribution in [0.1, 0.15) is 25.3 Å². The minimum absolute atomic E-state index is 0.332. The topological polar surface area (TPSA) is 71.5 Å². The summed E-state index contributed by atoms with van der Waals surface area (Å²) >= 11 is 1.50. The minimum Gasteiger partial charge on any atom is -0.451 e. The maximum Gasteiger partial charge on any atom is 0.329 e. The number of anilines is 2. The van der Waals surface area contributed by atoms with E-state index in [0.717, 1.165) is 29.3 Å². The largest absolute Gasteiger partial charge is 0.451 e. The van der Waals surface area contributed by atoms with Gasteiger partial charge in [-0.15, -0.1) is 11.3 Å². The van der Waals surface area contributed by atoms with Crippen molar-refractivity contribution >= 4 is 34.0 Å². The molecule has 132 valence electrons. The molecule has 2 unspecified atom stereocenters. The Hall–Kier alpha value is -2.41. The first-order valence-electron chi connectivity index (χ1n) is 8.29. The lowest BCUT2D eigenvalue weighted by Gasteiger charge is -2.24. The molecule has 1 N–H and O–H groups in total. The number of carbonyl (C=O) groups excluding carboxylic acids is 2. The van der Waals surface area contributed by atoms with Crippen molar-refractivity contribution in [3.8, 4) is 0 Å². The Morgan fingerprint density at radius 1 is 1.40 bits per heavy atom. The maximum absolute atomic E-state index is 12.5. The van der Waals surface area contributed by atoms with Crippen LogP contribution in [-0.4, -0.2) is 35.6 Å². The number of nitrogens with zero attached hydrogens (tertiary/aromatic N) is 2. The zero-order valence-electron chi connectivity index (χ0n) is 14.3. The van der Waals surface area contributed by atoms with Gasteiger partial charge in [-0.1, -0.05) is 18.2 Å². The third kappa shape index (κ3) is 3.99. The summed E-state index contributed by atoms with van der Waals surface area (Å²) in [5, 5.41) is 5.50. The number of esters is 1. The standard InChI is InChI=1S/C18H21N3O3S/c1-12-6-3-4-7-14(12)20-16(22)13(2)24-17(23)15-8-5-10-21(15)18-19-9-11-25-18/h3-4,6-7,9,11,13,15H,5,8,10H2,1-2H3,(H,20,22). The fraction of sp³-hybridized carbons (Fsp3) is 0.389. The molecular weight excluding hydrogens is 338 g/mol. The molecule has 3 rings (SSSR count). The number of thiazole rings is 1. The Bertz CT molecular complexity index is 748. The molecule has 6 nitrogen and oxygen atoms in total. The molecule has 1 aliphatic heterocycles. The summed E-state index contributed by atoms with van der Waals surface area (Å²) in [5.74, 6) is -0.707. The van der Waals surface area contributed by atoms with Gasteiger partial charge in [0, 0.05) is 23.8 Å². The van der Waals surface area contributed by atoms with Crippen molar-refractivity contribution < 1.29 is 14.3 Å². The molecule has 2 atom stereocenters. The van der Waals surface area contributed by atoms with Crippen molar-refractivity contribution in [2.24, 2.45) is 0 Å². The van der Waals surface area contributed by atoms with E-state index in [2.05, 4.69) is 10.3 Å². The summed E-state index contributed by atoms with van der Waals surface area (Å²) in [4.78, 5) is 31.1. The Balaban J connectivity index is 1.60. The molecule has 0 radical (unpaired) electrons. The van der Waals surface area contributed by atoms with Crippen LogP contribution in [0.25, 0.3) is 0 Å². The maximum atomic E-state index is 12.5. The number of hydrogen-bond acceptors (Lipinski definition) is 6. The third-order valence-corrected chi connectivity index (χ3v) is 5.06. The Morgan fingerprint density at radius 3 is 2.92 bits per heavy atom. The molecular formula is C18H21N3O3S. The molecule has 1 saturated heterocycles. The molecule has 0 spiro atoms. The highest BCUT2D eigenvalue weighted by Gasteiger charge is 2.35. The van der Waals surface area contributed by atoms with Crippen molar-refractivity contribution in [3.63, 3.8) is 0 Å². The average Bonchev–Trinajstić information content (AvgIpc) is 3.27. The zero-order chi connectivity index (χ0) is 17.8. The van der Waals surface area contributed by atoms with Gasteiger partial charge in [-0.2, -0.15) is 0 Å². The third-order valence-electron chi connectivity index (χ3n) is 4.25. The first-order chi connectivity index (χ1) is 12.1. The molecule has 1 fully saturated rings. The highest BCUT2D eigenvalue weighted by molar-refractivity contribution is 7.13. The van der Waals surface area contributed by atoms with Gasteiger partial charge in [0.1, 0.15) is 6.04 Å². The van der Waals surface area contributed by atoms with E-state index in [1.807, 2.05) is 41.5 Å². The zero-order valence-corrected chi connectivity index (χ0v) is 15.1. The van der Waals surface area contributed by atoms with E-state index >= 15 is 0 Å². The highest BCUT2D eigenvalue weighted by Crippen LogP contribution is 2.28. The van der Waals surface area contributed by atoms with Crippen LogP contribution in [0.4, 0.5) is 10.8 Å². The fourth-order valence-corrected chi connectivity index (χ4v) is 3.57. The van der Waals surface area contributed by atoms with Crippen molar-refractivity contribution in [2.75, 3.05) is 16.8 Å². The fourth-order valence-electron chi connectivity index (χ4n) is 2.85. The number of amides is 1. The van der Waals surface area contributed by atoms with Gasteiger partial charge < -0.3 is 15.0 Å². The number of carbonyl (C=O) groups is 2. The average molecular weight is 359 g/mol. The summed E-state index contributed by atoms with van der Waals surface area (Å²) in [5.41, 5.74) is 1.68. The van der Waals surface area contributed by atoms with Gasteiger partial charge >= 0.3 is 5.97 Å². The number of aromatic nitrogens is 1. The van der Waals surface area contributed by atoms with Crippen LogP contribution in [0.5, 0.6) is 0 Å². The number of benzene rings is 1. The van der Waals surface area contributed by atoms with E-state index in [4.69, 9.17) is 4.74 Å². The smallest absolute Gasteiger partial charge is 0.329 e. The van der Waals surface area contributed by atoms with Crippen LogP contribution < -0.4 is 10.2 Å². The van der Waals surface area contributed by atoms with Crippen LogP contribution in [0.15, 0.2) is 35.8 Å². The first kappa shape index (κ1) is 17.4. The Morgan fingerprint density at radius 2 is 2.20 bits per heavy atom. The molecule has 1 aromatic carbocycles. The molecule has 2 heterocycles. The van der Waals surface area contributed by atoms with Gasteiger partial charge in [0.05, 0.1) is 0 Å². The predicted molar refractivity (Wildman–Crippen MR) is 97.8 cm³/mol. The van der Waals surface area contributed by atoms with Crippen LogP contribution >= 0.6 is 11.3 Å². The molecule has 25 heavy (non-hydrogen) atoms. The number of nitrogens with one attached hydrogen (secondary N) is 1. The quantitative estimate of drug-likeness (QED) is 0.831. The van der Waals surface area contributed by atoms with Crippen molar-refractivity contribution in [3.05, 3.63) is 41.4 Å².